The summed E-state index contributed by atoms with van der Waals surface area (Å²) in [7, 11) is -14.9. The van der Waals surface area contributed by atoms with Crippen molar-refractivity contribution in [1.29, 1.82) is 0 Å². The van der Waals surface area contributed by atoms with E-state index in [0.717, 1.165) is 163 Å². The first-order valence-electron chi connectivity index (χ1n) is 44.8. The van der Waals surface area contributed by atoms with Crippen molar-refractivity contribution in [1.82, 2.24) is 50.1 Å². The Morgan fingerprint density at radius 3 is 1.08 bits per heavy atom. The van der Waals surface area contributed by atoms with E-state index in [1.54, 1.807) is 158 Å². The summed E-state index contributed by atoms with van der Waals surface area (Å²) in [5.74, 6) is 4.26. The minimum Gasteiger partial charge on any atom is -0.457 e. The lowest BCUT2D eigenvalue weighted by Crippen LogP contribution is -2.36. The fraction of sp³-hybridized carbons (Fsp3) is 0.278. The Balaban J connectivity index is 0.000000125. The first-order chi connectivity index (χ1) is 66.5. The molecule has 15 aromatic rings. The van der Waals surface area contributed by atoms with Crippen LogP contribution in [0.5, 0.6) is 11.5 Å². The molecule has 0 amide bonds. The number of hydrogen-bond acceptors (Lipinski definition) is 34. The van der Waals surface area contributed by atoms with Crippen LogP contribution in [0, 0.1) is 13.8 Å². The second kappa shape index (κ2) is 44.1. The fourth-order valence-electron chi connectivity index (χ4n) is 16.1. The molecule has 138 heavy (non-hydrogen) atoms. The van der Waals surface area contributed by atoms with Gasteiger partial charge in [-0.05, 0) is 206 Å². The molecule has 0 bridgehead atoms. The van der Waals surface area contributed by atoms with Crippen molar-refractivity contribution in [3.8, 4) is 64.4 Å². The number of sulfone groups is 4. The second-order valence-electron chi connectivity index (χ2n) is 32.8. The molecule has 14 heterocycles. The van der Waals surface area contributed by atoms with Gasteiger partial charge in [0.15, 0.2) is 26.2 Å². The lowest BCUT2D eigenvalue weighted by molar-refractivity contribution is -0.140. The minimum atomic E-state index is -4.75. The maximum Gasteiger partial charge on any atom is 0.434 e. The van der Waals surface area contributed by atoms with E-state index in [-0.39, 0.29) is 54.9 Å². The highest BCUT2D eigenvalue weighted by Gasteiger charge is 2.39. The number of nitrogens with two attached hydrogens (primary N) is 4. The van der Waals surface area contributed by atoms with Crippen LogP contribution in [0.15, 0.2) is 270 Å². The lowest BCUT2D eigenvalue weighted by Gasteiger charge is -2.29. The largest absolute Gasteiger partial charge is 0.457 e. The highest BCUT2D eigenvalue weighted by Crippen LogP contribution is 2.45. The van der Waals surface area contributed by atoms with Gasteiger partial charge in [-0.3, -0.25) is 0 Å². The number of thiazole rings is 4. The number of ether oxygens (including phenoxy) is 2. The number of pyridine rings is 4. The van der Waals surface area contributed by atoms with E-state index >= 15 is 0 Å². The Morgan fingerprint density at radius 2 is 0.703 bits per heavy atom. The van der Waals surface area contributed by atoms with Crippen molar-refractivity contribution in [2.24, 2.45) is 0 Å². The lowest BCUT2D eigenvalue weighted by atomic mass is 10.1. The molecule has 5 aliphatic heterocycles. The number of alkyl halides is 3. The van der Waals surface area contributed by atoms with Crippen LogP contribution in [0.4, 0.5) is 62.7 Å². The normalized spacial score (nSPS) is 15.0. The van der Waals surface area contributed by atoms with Gasteiger partial charge in [0.2, 0.25) is 39.3 Å². The number of piperidine rings is 4. The van der Waals surface area contributed by atoms with E-state index in [2.05, 4.69) is 54.7 Å². The topological polar surface area (TPSA) is 404 Å². The summed E-state index contributed by atoms with van der Waals surface area (Å²) < 4.78 is 158. The highest BCUT2D eigenvalue weighted by molar-refractivity contribution is 7.92. The van der Waals surface area contributed by atoms with Gasteiger partial charge in [0.05, 0.1) is 100 Å². The van der Waals surface area contributed by atoms with Gasteiger partial charge in [0.25, 0.3) is 0 Å². The molecule has 5 saturated heterocycles. The zero-order valence-electron chi connectivity index (χ0n) is 75.3. The summed E-state index contributed by atoms with van der Waals surface area (Å²) in [6.07, 6.45) is 11.9. The standard InChI is InChI=1S/C20H19F3N4O2S2.C20H22N4O2S2.C19H20N4O2S2.C19H20N4OS.C19H19N3O3S2/c21-20(22,23)18-17(30-19(24)26-18)15-11-14(31(28,29)13-7-3-1-4-8-13)12-16(25-15)27-9-5-2-6-10-27;1-14-19(27-20(21)22-14)17-12-16(28(25,26)15-8-4-2-5-9-15)13-18(23-17)24-10-6-3-7-11-24;20-19-21-13-17(26-19)16-11-15(27(24,25)14-7-3-1-4-8-14)12-18(22-16)23-9-5-2-6-10-23;20-19-21-13-17(25-19)16-11-15(24-14-7-3-1-4-8-14)12-18(22-16)23-9-5-2-6-10-23;1-14-20-21-19(26-14)15-11-16(22-7-9-25-10-8-22)13-18(12-15)27(23,24)17-5-3-2-4-6-17/h1,3-4,7-8,11-12H,2,5-6,9-10H2,(H2,24,26);2,4-5,8-9,12-13H,3,6-7,10-11H2,1H3,(H2,21,22);1,3-4,7-8,11-13H,2,5-6,9-10H2,(H2,20,21);1,3-4,7-8,11-13H,2,5-6,9-10H2,(H2,20,21);2-6,11-13H,7-10H2,1H3. The second-order valence-corrected chi connectivity index (χ2v) is 46.0. The third kappa shape index (κ3) is 24.3. The third-order valence-corrected chi connectivity index (χ3v) is 34.6. The molecule has 0 spiro atoms. The van der Waals surface area contributed by atoms with Crippen LogP contribution >= 0.6 is 56.7 Å². The predicted octanol–water partition coefficient (Wildman–Crippen LogP) is 19.9. The average Bonchev–Trinajstić information content (AvgIpc) is 1.66. The molecular weight excluding hydrogens is 1940 g/mol. The fourth-order valence-corrected chi connectivity index (χ4v) is 25.0. The maximum atomic E-state index is 13.5. The molecule has 0 aliphatic carbocycles. The molecule has 5 fully saturated rings. The molecule has 29 nitrogen and oxygen atoms in total. The summed E-state index contributed by atoms with van der Waals surface area (Å²) in [5, 5.41) is 11.0. The van der Waals surface area contributed by atoms with Crippen LogP contribution < -0.4 is 52.2 Å². The van der Waals surface area contributed by atoms with Crippen LogP contribution in [0.1, 0.15) is 93.4 Å². The zero-order chi connectivity index (χ0) is 96.7. The van der Waals surface area contributed by atoms with Crippen molar-refractivity contribution in [3.05, 3.63) is 247 Å². The number of benzene rings is 6. The van der Waals surface area contributed by atoms with E-state index < -0.39 is 51.2 Å². The summed E-state index contributed by atoms with van der Waals surface area (Å²) in [6.45, 7) is 13.3. The van der Waals surface area contributed by atoms with Gasteiger partial charge in [-0.1, -0.05) is 148 Å². The number of hydrogen-bond donors (Lipinski definition) is 4. The number of halogens is 3. The van der Waals surface area contributed by atoms with Crippen LogP contribution in [0.2, 0.25) is 0 Å². The van der Waals surface area contributed by atoms with Crippen molar-refractivity contribution in [2.45, 2.75) is 136 Å². The van der Waals surface area contributed by atoms with Gasteiger partial charge in [-0.2, -0.15) is 13.2 Å². The molecule has 8 N–H and O–H groups in total. The van der Waals surface area contributed by atoms with Crippen molar-refractivity contribution in [3.63, 3.8) is 0 Å². The molecule has 0 radical (unpaired) electrons. The van der Waals surface area contributed by atoms with Crippen LogP contribution in [-0.2, 0) is 50.3 Å². The van der Waals surface area contributed by atoms with E-state index in [4.69, 9.17) is 47.4 Å². The Hall–Kier alpha value is -12.5. The Labute approximate surface area is 819 Å². The molecule has 718 valence electrons. The van der Waals surface area contributed by atoms with Crippen molar-refractivity contribution < 1.29 is 56.3 Å². The third-order valence-electron chi connectivity index (χ3n) is 23.1. The van der Waals surface area contributed by atoms with E-state index in [1.165, 1.54) is 95.7 Å². The highest BCUT2D eigenvalue weighted by atomic mass is 32.2. The molecule has 0 unspecified atom stereocenters. The summed E-state index contributed by atoms with van der Waals surface area (Å²) in [4.78, 5) is 49.1. The molecule has 0 atom stereocenters. The molecule has 5 aliphatic rings. The molecule has 41 heteroatoms. The number of para-hydroxylation sites is 1. The minimum absolute atomic E-state index is 0.0524. The van der Waals surface area contributed by atoms with Crippen LogP contribution in [0.3, 0.4) is 0 Å². The molecular formula is C97H100F3N19O10S9. The molecule has 0 saturated carbocycles. The van der Waals surface area contributed by atoms with Gasteiger partial charge in [-0.25, -0.2) is 73.5 Å². The Kier molecular flexibility index (Phi) is 31.5. The van der Waals surface area contributed by atoms with Crippen LogP contribution in [-0.4, -0.2) is 162 Å². The molecule has 9 aromatic heterocycles. The van der Waals surface area contributed by atoms with Gasteiger partial charge < -0.3 is 56.9 Å². The van der Waals surface area contributed by atoms with Gasteiger partial charge >= 0.3 is 6.18 Å². The zero-order valence-corrected chi connectivity index (χ0v) is 82.7. The summed E-state index contributed by atoms with van der Waals surface area (Å²) in [5.41, 5.74) is 26.1. The van der Waals surface area contributed by atoms with Crippen molar-refractivity contribution >= 4 is 146 Å². The first-order valence-corrected chi connectivity index (χ1v) is 54.8. The quantitative estimate of drug-likeness (QED) is 0.0550. The van der Waals surface area contributed by atoms with Crippen molar-refractivity contribution in [2.75, 3.05) is 126 Å². The number of morpholine rings is 1. The summed E-state index contributed by atoms with van der Waals surface area (Å²) >= 11 is 6.16. The van der Waals surface area contributed by atoms with E-state index in [1.807, 2.05) is 67.3 Å². The average molecular weight is 2040 g/mol. The molecule has 20 rings (SSSR count). The molecule has 6 aromatic carbocycles. The van der Waals surface area contributed by atoms with E-state index in [9.17, 15) is 46.8 Å². The number of aryl methyl sites for hydroxylation is 2. The van der Waals surface area contributed by atoms with Gasteiger partial charge in [-0.15, -0.1) is 10.2 Å². The number of anilines is 9. The number of nitrogen functional groups attached to an aromatic ring is 4. The maximum absolute atomic E-state index is 13.5. The van der Waals surface area contributed by atoms with Gasteiger partial charge in [0, 0.05) is 101 Å². The number of rotatable bonds is 20. The van der Waals surface area contributed by atoms with E-state index in [0.29, 0.717) is 86.9 Å². The van der Waals surface area contributed by atoms with Gasteiger partial charge in [0.1, 0.15) is 44.8 Å². The number of aromatic nitrogens is 10. The monoisotopic (exact) mass is 2040 g/mol. The van der Waals surface area contributed by atoms with Crippen LogP contribution in [0.25, 0.3) is 52.9 Å². The SMILES string of the molecule is Cc1nc(N)sc1-c1cc(S(=O)(=O)c2ccccc2)cc(N2CCCCC2)n1.Cc1nnc(-c2cc(N3CCOCC3)cc(S(=O)(=O)c3ccccc3)c2)s1.Nc1nc(C(F)(F)F)c(-c2cc(S(=O)(=O)c3ccccc3)cc(N3CCCCC3)n2)s1.Nc1ncc(-c2cc(Oc3ccccc3)cc(N3CCCCC3)n2)s1.Nc1ncc(-c2cc(S(=O)(=O)c3ccccc3)cc(N3CCCCC3)n2)s1. The smallest absolute Gasteiger partial charge is 0.434 e. The Bertz CT molecular complexity index is 7020. The Morgan fingerprint density at radius 1 is 0.341 bits per heavy atom. The predicted molar refractivity (Wildman–Crippen MR) is 540 cm³/mol. The first kappa shape index (κ1) is 98.6. The summed E-state index contributed by atoms with van der Waals surface area (Å²) in [6, 6.07) is 61.6. The number of nitrogens with zero attached hydrogens (tertiary/aromatic N) is 15.